The van der Waals surface area contributed by atoms with Crippen LogP contribution in [0.25, 0.3) is 20.8 Å². The number of thiophene rings is 1. The van der Waals surface area contributed by atoms with Crippen LogP contribution in [0.2, 0.25) is 0 Å². The molecule has 2 aromatic carbocycles. The Hall–Kier alpha value is -2.63. The van der Waals surface area contributed by atoms with Crippen molar-refractivity contribution in [3.8, 4) is 10.6 Å². The first-order valence-corrected chi connectivity index (χ1v) is 13.5. The molecule has 0 unspecified atom stereocenters. The van der Waals surface area contributed by atoms with Gasteiger partial charge in [0.15, 0.2) is 0 Å². The van der Waals surface area contributed by atoms with Gasteiger partial charge in [-0.3, -0.25) is 4.79 Å². The molecule has 4 aromatic rings. The lowest BCUT2D eigenvalue weighted by Crippen LogP contribution is -2.40. The third-order valence-electron chi connectivity index (χ3n) is 5.25. The highest BCUT2D eigenvalue weighted by Crippen LogP contribution is 2.31. The molecule has 1 fully saturated rings. The van der Waals surface area contributed by atoms with E-state index < -0.39 is 10.0 Å². The van der Waals surface area contributed by atoms with Crippen LogP contribution in [0.3, 0.4) is 0 Å². The largest absolute Gasteiger partial charge is 0.379 e. The molecule has 0 aliphatic carbocycles. The molecule has 33 heavy (non-hydrogen) atoms. The van der Waals surface area contributed by atoms with Gasteiger partial charge < -0.3 is 10.1 Å². The van der Waals surface area contributed by atoms with Gasteiger partial charge in [0.1, 0.15) is 9.22 Å². The summed E-state index contributed by atoms with van der Waals surface area (Å²) in [6, 6.07) is 18.9. The summed E-state index contributed by atoms with van der Waals surface area (Å²) in [5.41, 5.74) is 2.65. The van der Waals surface area contributed by atoms with Crippen molar-refractivity contribution in [2.75, 3.05) is 31.6 Å². The Labute approximate surface area is 199 Å². The van der Waals surface area contributed by atoms with Gasteiger partial charge in [-0.05, 0) is 48.5 Å². The van der Waals surface area contributed by atoms with Crippen molar-refractivity contribution in [2.45, 2.75) is 10.6 Å². The number of carbonyl (C=O) groups is 1. The molecule has 1 amide bonds. The first-order valence-electron chi connectivity index (χ1n) is 10.4. The number of carbonyl (C=O) groups excluding carboxylic acids is 1. The molecule has 2 aromatic heterocycles. The summed E-state index contributed by atoms with van der Waals surface area (Å²) in [6.07, 6.45) is 0.114. The summed E-state index contributed by atoms with van der Waals surface area (Å²) < 4.78 is 33.6. The fourth-order valence-electron chi connectivity index (χ4n) is 3.56. The topological polar surface area (TPSA) is 88.6 Å². The number of ether oxygens (including phenoxy) is 1. The number of thiazole rings is 1. The average molecular weight is 500 g/mol. The van der Waals surface area contributed by atoms with Crippen LogP contribution in [0.1, 0.15) is 4.88 Å². The summed E-state index contributed by atoms with van der Waals surface area (Å²) in [5.74, 6) is -0.195. The highest BCUT2D eigenvalue weighted by Gasteiger charge is 2.27. The van der Waals surface area contributed by atoms with Gasteiger partial charge >= 0.3 is 0 Å². The quantitative estimate of drug-likeness (QED) is 0.429. The van der Waals surface area contributed by atoms with Crippen LogP contribution < -0.4 is 5.32 Å². The van der Waals surface area contributed by atoms with E-state index in [2.05, 4.69) is 10.3 Å². The van der Waals surface area contributed by atoms with Crippen LogP contribution in [0.5, 0.6) is 0 Å². The van der Waals surface area contributed by atoms with E-state index in [1.165, 1.54) is 4.31 Å². The Bertz CT molecular complexity index is 1350. The summed E-state index contributed by atoms with van der Waals surface area (Å²) in [4.78, 5) is 17.9. The SMILES string of the molecule is O=C(Cc1ccc(S(=O)(=O)N2CCOCC2)s1)Nc1ccc(-c2nc3ccccc3s2)cc1. The molecule has 0 bridgehead atoms. The molecule has 0 spiro atoms. The summed E-state index contributed by atoms with van der Waals surface area (Å²) in [5, 5.41) is 3.81. The molecule has 1 N–H and O–H groups in total. The zero-order valence-corrected chi connectivity index (χ0v) is 20.0. The van der Waals surface area contributed by atoms with Crippen LogP contribution in [-0.2, 0) is 26.0 Å². The van der Waals surface area contributed by atoms with Gasteiger partial charge in [-0.25, -0.2) is 13.4 Å². The molecule has 1 aliphatic heterocycles. The number of aromatic nitrogens is 1. The minimum Gasteiger partial charge on any atom is -0.379 e. The average Bonchev–Trinajstić information content (AvgIpc) is 3.47. The Kier molecular flexibility index (Phi) is 6.26. The highest BCUT2D eigenvalue weighted by molar-refractivity contribution is 7.91. The minimum absolute atomic E-state index is 0.114. The molecule has 0 radical (unpaired) electrons. The number of hydrogen-bond acceptors (Lipinski definition) is 7. The fourth-order valence-corrected chi connectivity index (χ4v) is 7.45. The van der Waals surface area contributed by atoms with Crippen LogP contribution in [-0.4, -0.2) is 49.9 Å². The first kappa shape index (κ1) is 22.2. The van der Waals surface area contributed by atoms with Crippen molar-refractivity contribution < 1.29 is 17.9 Å². The monoisotopic (exact) mass is 499 g/mol. The van der Waals surface area contributed by atoms with E-state index in [-0.39, 0.29) is 16.5 Å². The lowest BCUT2D eigenvalue weighted by atomic mass is 10.2. The zero-order valence-electron chi connectivity index (χ0n) is 17.6. The number of nitrogens with zero attached hydrogens (tertiary/aromatic N) is 2. The van der Waals surface area contributed by atoms with E-state index >= 15 is 0 Å². The smallest absolute Gasteiger partial charge is 0.252 e. The molecular formula is C23H21N3O4S3. The number of morpholine rings is 1. The third-order valence-corrected chi connectivity index (χ3v) is 9.78. The predicted octanol–water partition coefficient (Wildman–Crippen LogP) is 4.23. The molecule has 170 valence electrons. The summed E-state index contributed by atoms with van der Waals surface area (Å²) in [6.45, 7) is 1.50. The molecule has 10 heteroatoms. The van der Waals surface area contributed by atoms with Crippen molar-refractivity contribution in [3.05, 3.63) is 65.5 Å². The van der Waals surface area contributed by atoms with Crippen molar-refractivity contribution in [1.29, 1.82) is 0 Å². The van der Waals surface area contributed by atoms with Gasteiger partial charge in [0.25, 0.3) is 10.0 Å². The Morgan fingerprint density at radius 2 is 1.76 bits per heavy atom. The van der Waals surface area contributed by atoms with E-state index in [9.17, 15) is 13.2 Å². The molecule has 3 heterocycles. The second-order valence-corrected chi connectivity index (χ2v) is 11.9. The number of rotatable bonds is 6. The van der Waals surface area contributed by atoms with Gasteiger partial charge in [0.05, 0.1) is 29.9 Å². The highest BCUT2D eigenvalue weighted by atomic mass is 32.2. The maximum absolute atomic E-state index is 12.8. The van der Waals surface area contributed by atoms with E-state index in [1.54, 1.807) is 23.5 Å². The third kappa shape index (κ3) is 4.85. The summed E-state index contributed by atoms with van der Waals surface area (Å²) in [7, 11) is -3.54. The molecule has 1 aliphatic rings. The number of amides is 1. The van der Waals surface area contributed by atoms with Crippen molar-refractivity contribution >= 4 is 54.5 Å². The second kappa shape index (κ2) is 9.32. The van der Waals surface area contributed by atoms with Crippen LogP contribution in [0.4, 0.5) is 5.69 Å². The maximum atomic E-state index is 12.8. The molecule has 0 atom stereocenters. The van der Waals surface area contributed by atoms with Gasteiger partial charge in [-0.1, -0.05) is 12.1 Å². The molecular weight excluding hydrogens is 478 g/mol. The number of anilines is 1. The Morgan fingerprint density at radius 1 is 1.00 bits per heavy atom. The number of hydrogen-bond donors (Lipinski definition) is 1. The van der Waals surface area contributed by atoms with Gasteiger partial charge in [-0.15, -0.1) is 22.7 Å². The first-order chi connectivity index (χ1) is 16.0. The van der Waals surface area contributed by atoms with Crippen LogP contribution in [0.15, 0.2) is 64.9 Å². The van der Waals surface area contributed by atoms with Gasteiger partial charge in [-0.2, -0.15) is 4.31 Å². The number of fused-ring (bicyclic) bond motifs is 1. The molecule has 7 nitrogen and oxygen atoms in total. The standard InChI is InChI=1S/C23H21N3O4S3/c27-21(15-18-9-10-22(31-18)33(28,29)26-11-13-30-14-12-26)24-17-7-5-16(6-8-17)23-25-19-3-1-2-4-20(19)32-23/h1-10H,11-15H2,(H,24,27). The normalized spacial score (nSPS) is 15.0. The van der Waals surface area contributed by atoms with Crippen molar-refractivity contribution in [1.82, 2.24) is 9.29 Å². The molecule has 5 rings (SSSR count). The minimum atomic E-state index is -3.54. The summed E-state index contributed by atoms with van der Waals surface area (Å²) >= 11 is 2.77. The van der Waals surface area contributed by atoms with Crippen molar-refractivity contribution in [2.24, 2.45) is 0 Å². The number of nitrogens with one attached hydrogen (secondary N) is 1. The lowest BCUT2D eigenvalue weighted by Gasteiger charge is -2.25. The van der Waals surface area contributed by atoms with Gasteiger partial charge in [0.2, 0.25) is 5.91 Å². The van der Waals surface area contributed by atoms with Crippen LogP contribution >= 0.6 is 22.7 Å². The predicted molar refractivity (Wildman–Crippen MR) is 131 cm³/mol. The fraction of sp³-hybridized carbons (Fsp3) is 0.217. The van der Waals surface area contributed by atoms with E-state index in [4.69, 9.17) is 4.74 Å². The number of para-hydroxylation sites is 1. The zero-order chi connectivity index (χ0) is 22.8. The number of benzene rings is 2. The number of sulfonamides is 1. The lowest BCUT2D eigenvalue weighted by molar-refractivity contribution is -0.115. The van der Waals surface area contributed by atoms with E-state index in [0.717, 1.165) is 32.1 Å². The Balaban J connectivity index is 1.22. The van der Waals surface area contributed by atoms with E-state index in [0.29, 0.717) is 36.9 Å². The maximum Gasteiger partial charge on any atom is 0.252 e. The Morgan fingerprint density at radius 3 is 2.52 bits per heavy atom. The van der Waals surface area contributed by atoms with Gasteiger partial charge in [0, 0.05) is 29.2 Å². The van der Waals surface area contributed by atoms with Crippen LogP contribution in [0, 0.1) is 0 Å². The molecule has 0 saturated carbocycles. The van der Waals surface area contributed by atoms with E-state index in [1.807, 2.05) is 48.5 Å². The second-order valence-electron chi connectivity index (χ2n) is 7.53. The molecule has 1 saturated heterocycles. The van der Waals surface area contributed by atoms with Crippen molar-refractivity contribution in [3.63, 3.8) is 0 Å².